The minimum absolute atomic E-state index is 0.458. The summed E-state index contributed by atoms with van der Waals surface area (Å²) in [6, 6.07) is 10.5. The van der Waals surface area contributed by atoms with Gasteiger partial charge in [0.25, 0.3) is 0 Å². The van der Waals surface area contributed by atoms with Crippen molar-refractivity contribution in [2.45, 2.75) is 33.6 Å². The number of benzene rings is 2. The van der Waals surface area contributed by atoms with E-state index in [1.807, 2.05) is 22.8 Å². The van der Waals surface area contributed by atoms with Crippen LogP contribution in [0, 0.1) is 20.4 Å². The predicted octanol–water partition coefficient (Wildman–Crippen LogP) is 5.84. The molecule has 0 saturated heterocycles. The van der Waals surface area contributed by atoms with E-state index in [0.717, 1.165) is 27.3 Å². The van der Waals surface area contributed by atoms with E-state index in [1.165, 1.54) is 28.0 Å². The smallest absolute Gasteiger partial charge is 0.330 e. The largest absolute Gasteiger partial charge is 0.351 e. The quantitative estimate of drug-likeness (QED) is 0.424. The third kappa shape index (κ3) is 3.00. The maximum absolute atomic E-state index is 7.16. The van der Waals surface area contributed by atoms with Gasteiger partial charge in [-0.2, -0.15) is 0 Å². The Morgan fingerprint density at radius 2 is 1.85 bits per heavy atom. The van der Waals surface area contributed by atoms with E-state index in [-0.39, 0.29) is 0 Å². The standard InChI is InChI=1S/C21H19N5S/c1-12(2)16-8-13(3)19(14(4)9-16)26-11-23-25-20(26)15-6-7-17-18(10-15)27-21(22-5)24-17/h6-12H,1-4H3. The van der Waals surface area contributed by atoms with Gasteiger partial charge in [0.15, 0.2) is 11.3 Å². The maximum Gasteiger partial charge on any atom is 0.330 e. The monoisotopic (exact) mass is 373 g/mol. The van der Waals surface area contributed by atoms with E-state index in [9.17, 15) is 0 Å². The van der Waals surface area contributed by atoms with Crippen LogP contribution in [0.3, 0.4) is 0 Å². The summed E-state index contributed by atoms with van der Waals surface area (Å²) < 4.78 is 3.03. The molecule has 0 N–H and O–H groups in total. The first-order valence-corrected chi connectivity index (χ1v) is 9.59. The van der Waals surface area contributed by atoms with E-state index in [2.05, 4.69) is 59.9 Å². The third-order valence-corrected chi connectivity index (χ3v) is 5.61. The summed E-state index contributed by atoms with van der Waals surface area (Å²) in [5.41, 5.74) is 6.66. The van der Waals surface area contributed by atoms with Crippen molar-refractivity contribution < 1.29 is 0 Å². The van der Waals surface area contributed by atoms with Crippen molar-refractivity contribution in [3.63, 3.8) is 0 Å². The first-order valence-electron chi connectivity index (χ1n) is 8.78. The van der Waals surface area contributed by atoms with Crippen LogP contribution in [-0.4, -0.2) is 19.7 Å². The molecule has 0 bridgehead atoms. The summed E-state index contributed by atoms with van der Waals surface area (Å²) in [5.74, 6) is 1.28. The van der Waals surface area contributed by atoms with Crippen LogP contribution in [0.1, 0.15) is 36.5 Å². The summed E-state index contributed by atoms with van der Waals surface area (Å²) in [7, 11) is 0. The molecule has 4 rings (SSSR count). The first kappa shape index (κ1) is 17.4. The Morgan fingerprint density at radius 3 is 2.52 bits per heavy atom. The van der Waals surface area contributed by atoms with Crippen molar-refractivity contribution in [3.8, 4) is 17.1 Å². The van der Waals surface area contributed by atoms with Crippen LogP contribution >= 0.6 is 11.3 Å². The minimum atomic E-state index is 0.458. The normalized spacial score (nSPS) is 11.3. The lowest BCUT2D eigenvalue weighted by Crippen LogP contribution is -2.03. The fourth-order valence-corrected chi connectivity index (χ4v) is 4.19. The lowest BCUT2D eigenvalue weighted by atomic mass is 9.96. The van der Waals surface area contributed by atoms with E-state index >= 15 is 0 Å². The molecule has 134 valence electrons. The Kier molecular flexibility index (Phi) is 4.25. The highest BCUT2D eigenvalue weighted by atomic mass is 32.1. The highest BCUT2D eigenvalue weighted by molar-refractivity contribution is 7.22. The lowest BCUT2D eigenvalue weighted by Gasteiger charge is -2.16. The summed E-state index contributed by atoms with van der Waals surface area (Å²) in [6.07, 6.45) is 1.77. The summed E-state index contributed by atoms with van der Waals surface area (Å²) >= 11 is 1.40. The molecule has 0 spiro atoms. The summed E-state index contributed by atoms with van der Waals surface area (Å²) in [6.45, 7) is 15.8. The van der Waals surface area contributed by atoms with Gasteiger partial charge in [-0.1, -0.05) is 32.6 Å². The van der Waals surface area contributed by atoms with Crippen LogP contribution in [0.2, 0.25) is 0 Å². The molecule has 0 aliphatic heterocycles. The van der Waals surface area contributed by atoms with Gasteiger partial charge in [0.2, 0.25) is 0 Å². The average Bonchev–Trinajstić information content (AvgIpc) is 3.26. The molecule has 2 aromatic carbocycles. The van der Waals surface area contributed by atoms with Crippen molar-refractivity contribution in [1.29, 1.82) is 0 Å². The van der Waals surface area contributed by atoms with Gasteiger partial charge in [0.05, 0.1) is 10.4 Å². The number of thiazole rings is 1. The second kappa shape index (κ2) is 6.60. The van der Waals surface area contributed by atoms with Crippen molar-refractivity contribution in [1.82, 2.24) is 19.7 Å². The molecule has 0 fully saturated rings. The molecule has 2 aromatic heterocycles. The van der Waals surface area contributed by atoms with E-state index in [1.54, 1.807) is 6.33 Å². The minimum Gasteiger partial charge on any atom is -0.351 e. The van der Waals surface area contributed by atoms with Gasteiger partial charge in [-0.05, 0) is 54.7 Å². The van der Waals surface area contributed by atoms with Gasteiger partial charge in [-0.15, -0.1) is 26.5 Å². The molecule has 0 aliphatic carbocycles. The summed E-state index contributed by atoms with van der Waals surface area (Å²) in [4.78, 5) is 7.75. The highest BCUT2D eigenvalue weighted by Gasteiger charge is 2.16. The fourth-order valence-electron chi connectivity index (χ4n) is 3.40. The zero-order valence-corrected chi connectivity index (χ0v) is 16.5. The number of hydrogen-bond acceptors (Lipinski definition) is 4. The lowest BCUT2D eigenvalue weighted by molar-refractivity contribution is 0.859. The molecule has 27 heavy (non-hydrogen) atoms. The summed E-state index contributed by atoms with van der Waals surface area (Å²) in [5, 5.41) is 9.00. The van der Waals surface area contributed by atoms with E-state index in [0.29, 0.717) is 11.0 Å². The van der Waals surface area contributed by atoms with E-state index < -0.39 is 0 Å². The SMILES string of the molecule is [C-]#[N+]c1nc2ccc(-c3nncn3-c3c(C)cc(C(C)C)cc3C)cc2s1. The third-order valence-electron chi connectivity index (χ3n) is 4.70. The molecule has 0 atom stereocenters. The Morgan fingerprint density at radius 1 is 1.11 bits per heavy atom. The van der Waals surface area contributed by atoms with Crippen molar-refractivity contribution in [2.75, 3.05) is 0 Å². The molecule has 0 amide bonds. The van der Waals surface area contributed by atoms with Gasteiger partial charge in [-0.3, -0.25) is 4.57 Å². The maximum atomic E-state index is 7.16. The zero-order chi connectivity index (χ0) is 19.1. The van der Waals surface area contributed by atoms with Gasteiger partial charge in [-0.25, -0.2) is 0 Å². The predicted molar refractivity (Wildman–Crippen MR) is 110 cm³/mol. The topological polar surface area (TPSA) is 48.0 Å². The average molecular weight is 373 g/mol. The molecule has 0 radical (unpaired) electrons. The molecule has 4 aromatic rings. The molecule has 5 nitrogen and oxygen atoms in total. The highest BCUT2D eigenvalue weighted by Crippen LogP contribution is 2.33. The van der Waals surface area contributed by atoms with Gasteiger partial charge >= 0.3 is 5.13 Å². The van der Waals surface area contributed by atoms with Crippen LogP contribution in [0.4, 0.5) is 5.13 Å². The molecule has 0 aliphatic rings. The number of hydrogen-bond donors (Lipinski definition) is 0. The zero-order valence-electron chi connectivity index (χ0n) is 15.7. The second-order valence-electron chi connectivity index (χ2n) is 6.97. The Balaban J connectivity index is 1.86. The molecular weight excluding hydrogens is 354 g/mol. The van der Waals surface area contributed by atoms with Crippen LogP contribution in [0.15, 0.2) is 36.7 Å². The van der Waals surface area contributed by atoms with E-state index in [4.69, 9.17) is 6.57 Å². The van der Waals surface area contributed by atoms with Crippen LogP contribution < -0.4 is 0 Å². The molecular formula is C21H19N5S. The van der Waals surface area contributed by atoms with Gasteiger partial charge < -0.3 is 4.85 Å². The van der Waals surface area contributed by atoms with Crippen molar-refractivity contribution >= 4 is 26.7 Å². The molecule has 2 heterocycles. The van der Waals surface area contributed by atoms with Crippen LogP contribution in [0.25, 0.3) is 32.1 Å². The van der Waals surface area contributed by atoms with Crippen molar-refractivity contribution in [2.24, 2.45) is 0 Å². The van der Waals surface area contributed by atoms with Gasteiger partial charge in [0.1, 0.15) is 6.33 Å². The fraction of sp³-hybridized carbons (Fsp3) is 0.238. The molecule has 0 unspecified atom stereocenters. The van der Waals surface area contributed by atoms with Crippen LogP contribution in [0.5, 0.6) is 0 Å². The number of aryl methyl sites for hydroxylation is 2. The Bertz CT molecular complexity index is 1170. The number of rotatable bonds is 3. The second-order valence-corrected chi connectivity index (χ2v) is 7.98. The molecule has 6 heteroatoms. The van der Waals surface area contributed by atoms with Crippen LogP contribution in [-0.2, 0) is 0 Å². The van der Waals surface area contributed by atoms with Gasteiger partial charge in [0, 0.05) is 5.56 Å². The number of nitrogens with zero attached hydrogens (tertiary/aromatic N) is 5. The van der Waals surface area contributed by atoms with Crippen molar-refractivity contribution in [3.05, 3.63) is 64.8 Å². The number of aromatic nitrogens is 4. The first-order chi connectivity index (χ1) is 13.0. The Labute approximate surface area is 162 Å². The molecule has 0 saturated carbocycles. The number of fused-ring (bicyclic) bond motifs is 1. The Hall–Kier alpha value is -3.04.